The molecule has 2 fully saturated rings. The molecule has 2 saturated heterocycles. The number of nitrogens with two attached hydrogens (primary N) is 11. The molecule has 798 valence electrons. The number of nitrogen functional groups attached to an aromatic ring is 5. The molecule has 10 aromatic rings. The third-order valence-electron chi connectivity index (χ3n) is 20.7. The molecule has 68 heteroatoms. The van der Waals surface area contributed by atoms with Gasteiger partial charge in [0.05, 0.1) is 132 Å². The lowest BCUT2D eigenvalue weighted by Gasteiger charge is -2.27. The van der Waals surface area contributed by atoms with Crippen molar-refractivity contribution < 1.29 is 171 Å². The molecule has 2 unspecified atom stereocenters. The maximum atomic E-state index is 12.5. The largest absolute Gasteiger partial charge is 0.490 e. The van der Waals surface area contributed by atoms with Gasteiger partial charge in [-0.25, -0.2) is 63.5 Å². The lowest BCUT2D eigenvalue weighted by atomic mass is 9.96. The van der Waals surface area contributed by atoms with Crippen molar-refractivity contribution in [1.29, 1.82) is 0 Å². The third-order valence-corrected chi connectivity index (χ3v) is 28.5. The first-order valence-corrected chi connectivity index (χ1v) is 52.8. The minimum atomic E-state index is -5.76. The minimum Gasteiger partial charge on any atom is -0.462 e. The number of phosphoric ester groups is 1. The zero-order valence-electron chi connectivity index (χ0n) is 79.9. The summed E-state index contributed by atoms with van der Waals surface area (Å²) in [5.41, 5.74) is 62.6. The van der Waals surface area contributed by atoms with E-state index < -0.39 is 162 Å². The molecule has 144 heavy (non-hydrogen) atoms. The van der Waals surface area contributed by atoms with Crippen LogP contribution in [0.1, 0.15) is 156 Å². The fraction of sp³-hybridized carbons (Fsp3) is 0.526. The van der Waals surface area contributed by atoms with Crippen LogP contribution in [-0.2, 0) is 111 Å². The summed E-state index contributed by atoms with van der Waals surface area (Å²) < 4.78 is 142. The summed E-state index contributed by atoms with van der Waals surface area (Å²) in [6.07, 6.45) is -6.01. The van der Waals surface area contributed by atoms with Crippen molar-refractivity contribution in [3.05, 3.63) is 87.9 Å². The second-order valence-electron chi connectivity index (χ2n) is 32.5. The van der Waals surface area contributed by atoms with E-state index >= 15 is 0 Å². The Morgan fingerprint density at radius 1 is 0.444 bits per heavy atom. The maximum absolute atomic E-state index is 12.5. The van der Waals surface area contributed by atoms with E-state index in [1.165, 1.54) is 37.0 Å². The Morgan fingerprint density at radius 2 is 0.785 bits per heavy atom. The van der Waals surface area contributed by atoms with Crippen molar-refractivity contribution in [3.8, 4) is 0 Å². The molecule has 33 N–H and O–H groups in total. The predicted octanol–water partition coefficient (Wildman–Crippen LogP) is 0.372. The Kier molecular flexibility index (Phi) is 40.2. The highest BCUT2D eigenvalue weighted by atomic mass is 31.3. The van der Waals surface area contributed by atoms with Crippen molar-refractivity contribution in [1.82, 2.24) is 72.7 Å². The number of aryl methyl sites for hydroxylation is 5. The number of nitrogens with zero attached hydrogens (tertiary/aromatic N) is 15. The molecule has 0 saturated carbocycles. The molecule has 0 bridgehead atoms. The second-order valence-corrected chi connectivity index (χ2v) is 42.5. The van der Waals surface area contributed by atoms with Gasteiger partial charge < -0.3 is 187 Å². The molecule has 62 nitrogen and oxygen atoms in total. The highest BCUT2D eigenvalue weighted by Crippen LogP contribution is 2.66. The van der Waals surface area contributed by atoms with Crippen molar-refractivity contribution >= 4 is 166 Å². The number of aliphatic hydroxyl groups excluding tert-OH is 4. The number of phosphoric acid groups is 3. The van der Waals surface area contributed by atoms with Crippen LogP contribution in [0.25, 0.3) is 55.2 Å². The zero-order valence-corrected chi connectivity index (χ0v) is 85.2. The monoisotopic (exact) mass is 2160 g/mol. The van der Waals surface area contributed by atoms with Gasteiger partial charge in [0, 0.05) is 31.0 Å². The Hall–Kier alpha value is -10.7. The van der Waals surface area contributed by atoms with E-state index in [1.54, 1.807) is 103 Å². The van der Waals surface area contributed by atoms with Crippen LogP contribution in [0.2, 0.25) is 0 Å². The van der Waals surface area contributed by atoms with Gasteiger partial charge in [-0.05, 0) is 89.0 Å². The van der Waals surface area contributed by atoms with E-state index in [0.29, 0.717) is 62.9 Å². The Morgan fingerprint density at radius 3 is 1.14 bits per heavy atom. The number of aliphatic hydroxyl groups is 5. The van der Waals surface area contributed by atoms with Crippen LogP contribution in [-0.4, -0.2) is 289 Å². The summed E-state index contributed by atoms with van der Waals surface area (Å²) in [6.45, 7) is 23.2. The van der Waals surface area contributed by atoms with E-state index in [0.717, 1.165) is 10.8 Å². The molecule has 14 atom stereocenters. The first-order chi connectivity index (χ1) is 66.8. The van der Waals surface area contributed by atoms with Crippen LogP contribution >= 0.6 is 46.3 Å². The molecule has 5 amide bonds. The molecule has 0 aromatic carbocycles. The van der Waals surface area contributed by atoms with Crippen LogP contribution < -0.4 is 63.1 Å². The number of esters is 1. The van der Waals surface area contributed by atoms with Crippen molar-refractivity contribution in [2.24, 2.45) is 40.3 Å². The van der Waals surface area contributed by atoms with Gasteiger partial charge in [-0.1, -0.05) is 13.8 Å². The number of hydrogen-bond donors (Lipinski definition) is 22. The van der Waals surface area contributed by atoms with Crippen molar-refractivity contribution in [2.75, 3.05) is 94.0 Å². The topological polar surface area (TPSA) is 987 Å². The van der Waals surface area contributed by atoms with Crippen LogP contribution in [0.4, 0.5) is 29.1 Å². The highest BCUT2D eigenvalue weighted by Gasteiger charge is 2.55. The Balaban J connectivity index is 0.000000221. The molecular formula is C76H118N26O36P6. The number of carbonyl (C=O) groups excluding carboxylic acids is 6. The van der Waals surface area contributed by atoms with Gasteiger partial charge in [0.1, 0.15) is 154 Å². The molecule has 2 aliphatic rings. The van der Waals surface area contributed by atoms with Gasteiger partial charge in [0.25, 0.3) is 29.5 Å². The van der Waals surface area contributed by atoms with Crippen LogP contribution in [0.3, 0.4) is 0 Å². The molecule has 10 aromatic heterocycles. The second kappa shape index (κ2) is 48.8. The fourth-order valence-corrected chi connectivity index (χ4v) is 20.8. The summed E-state index contributed by atoms with van der Waals surface area (Å²) in [5.74, 6) is -2.20. The number of aromatic nitrogens is 15. The predicted molar refractivity (Wildman–Crippen MR) is 507 cm³/mol. The first kappa shape index (κ1) is 119. The summed E-state index contributed by atoms with van der Waals surface area (Å²) in [4.78, 5) is 166. The summed E-state index contributed by atoms with van der Waals surface area (Å²) in [7, 11) is -27.8. The van der Waals surface area contributed by atoms with Gasteiger partial charge in [-0.15, -0.1) is 0 Å². The van der Waals surface area contributed by atoms with Gasteiger partial charge in [0.2, 0.25) is 0 Å². The molecule has 12 rings (SSSR count). The van der Waals surface area contributed by atoms with E-state index in [1.807, 2.05) is 0 Å². The molecular weight excluding hydrogens is 2040 g/mol. The van der Waals surface area contributed by atoms with Gasteiger partial charge >= 0.3 is 52.2 Å². The lowest BCUT2D eigenvalue weighted by Crippen LogP contribution is -2.45. The van der Waals surface area contributed by atoms with E-state index in [-0.39, 0.29) is 162 Å². The summed E-state index contributed by atoms with van der Waals surface area (Å²) in [6, 6.07) is -0.830. The molecule has 0 aliphatic carbocycles. The number of hydrogen-bond acceptors (Lipinski definition) is 46. The van der Waals surface area contributed by atoms with E-state index in [4.69, 9.17) is 129 Å². The average Bonchev–Trinajstić information content (AvgIpc) is 1.59. The maximum Gasteiger partial charge on any atom is 0.490 e. The minimum absolute atomic E-state index is 0.00795. The van der Waals surface area contributed by atoms with Crippen LogP contribution in [0.5, 0.6) is 0 Å². The fourth-order valence-electron chi connectivity index (χ4n) is 14.5. The number of amides is 5. The number of anilines is 5. The first-order valence-electron chi connectivity index (χ1n) is 43.0. The number of ether oxygens (including phenoxy) is 6. The summed E-state index contributed by atoms with van der Waals surface area (Å²) >= 11 is 0. The number of carbonyl (C=O) groups is 6. The van der Waals surface area contributed by atoms with Gasteiger partial charge in [-0.2, -0.15) is 8.62 Å². The highest BCUT2D eigenvalue weighted by molar-refractivity contribution is 7.66. The molecule has 2 aliphatic heterocycles. The third kappa shape index (κ3) is 30.1. The molecule has 0 spiro atoms. The van der Waals surface area contributed by atoms with Gasteiger partial charge in [-0.3, -0.25) is 47.0 Å². The molecule has 12 heterocycles. The normalized spacial score (nSPS) is 19.4. The quantitative estimate of drug-likeness (QED) is 0.0182. The van der Waals surface area contributed by atoms with Gasteiger partial charge in [0.15, 0.2) is 12.5 Å². The average molecular weight is 2160 g/mol. The zero-order chi connectivity index (χ0) is 108. The lowest BCUT2D eigenvalue weighted by molar-refractivity contribution is -0.152. The van der Waals surface area contributed by atoms with Crippen LogP contribution in [0.15, 0.2) is 31.0 Å². The Bertz CT molecular complexity index is 6650. The number of rotatable bonds is 42. The SMILES string of the molecule is CCOP(=O)(CO[C@H](C)Cn1cc(C(N)=O)c2c(N)nc(C)nc21)OCC.CCOP(=O)(CO[C@H](CO)Cn1cc(C(N)=O)c2c(N)nc(C)nc21)OCC.Cc1nc(N)c2c(C(N)=O)cn(C[C@@H](C)OCP(=O)(O)O)c2n1.Cc1nc(N)c2c(C(N)=O)cn([C@@H]3O[C@H](COC(=O)[C@@H](N)C(C)C)[C@@H](O)[C@@]3(C)O)c2n1.Cc1nc(N)c2c(C(N)=O)cn([C@@H]3O[C@H](COP(=O)(O)OP(=O)(O)OP(=O)(O)O)[C@@H](O)[C@H]3O)c2n1. The van der Waals surface area contributed by atoms with Crippen molar-refractivity contribution in [3.63, 3.8) is 0 Å². The van der Waals surface area contributed by atoms with Crippen LogP contribution in [0, 0.1) is 40.5 Å². The van der Waals surface area contributed by atoms with E-state index in [2.05, 4.69) is 63.0 Å². The standard InChI is InChI=1S/C19H28N6O6.C16H26N5O6P.C16H26N5O5P.C13H20N5O14P3.C12H18N5O5P/c1-7(2)12(20)17(28)30-6-10-13(26)19(4,29)18(31-10)25-5-9(15(22)27)11-14(21)23-8(3)24-16(11)25;1-4-26-28(24,27-5-2)9-25-11(8-22)6-21-7-12(15(18)23)13-14(17)19-10(3)20-16(13)21;1-5-25-27(23,26-6-2)9-24-10(3)7-21-8-12(15(18)22)13-14(17)19-11(4)20-16(13)21;1-4-16-10(14)7-5(11(15)21)2-18(12(7)17-4)13-9(20)8(19)6(30-13)3-29-34(25,26)32-35(27,28)31-33(22,23)24;1-6(22-5-23(19,20)21)3-17-4-8(11(14)18)9-10(13)15-7(2)16-12(9)17/h5,7,10,12-13,18,26,29H,6,20H2,1-4H3,(H2,22,27)(H2,21,23,24);7,11,22H,4-6,8-9H2,1-3H3,(H2,18,23)(H2,17,19,20);8,10H,5-7,9H2,1-4H3,(H2,18,22)(H2,17,19,20);2,6,8-9,13,19-20H,3H2,1H3,(H2,15,21)(H,25,26)(H,27,28)(H2,14,16,17)(H2,22,23,24);4,6H,3,5H2,1-2H3,(H2,14,18)(H2,13,15,16)(H2,19,20,21)/t10-,12+,13-,18-,19-;11-;10-;6-,8-,9-,13-;6-/m10111/s1. The van der Waals surface area contributed by atoms with Crippen molar-refractivity contribution in [2.45, 2.75) is 189 Å². The Labute approximate surface area is 817 Å². The van der Waals surface area contributed by atoms with E-state index in [9.17, 15) is 91.5 Å². The summed E-state index contributed by atoms with van der Waals surface area (Å²) in [5, 5.41) is 53.5. The smallest absolute Gasteiger partial charge is 0.462 e. The number of fused-ring (bicyclic) bond motifs is 5. The number of primary amides is 5. The molecule has 0 radical (unpaired) electrons.